The second kappa shape index (κ2) is 5.86. The predicted molar refractivity (Wildman–Crippen MR) is 65.1 cm³/mol. The lowest BCUT2D eigenvalue weighted by Crippen LogP contribution is -2.41. The normalized spacial score (nSPS) is 30.4. The van der Waals surface area contributed by atoms with Gasteiger partial charge in [0.1, 0.15) is 0 Å². The van der Waals surface area contributed by atoms with Crippen LogP contribution in [-0.4, -0.2) is 25.8 Å². The van der Waals surface area contributed by atoms with Crippen molar-refractivity contribution < 1.29 is 4.74 Å². The van der Waals surface area contributed by atoms with Crippen LogP contribution in [0.25, 0.3) is 0 Å². The number of nitrogens with one attached hydrogen (secondary N) is 1. The van der Waals surface area contributed by atoms with Gasteiger partial charge in [-0.25, -0.2) is 0 Å². The fourth-order valence-electron chi connectivity index (χ4n) is 2.98. The summed E-state index contributed by atoms with van der Waals surface area (Å²) < 4.78 is 5.34. The van der Waals surface area contributed by atoms with E-state index in [0.29, 0.717) is 11.5 Å². The number of ether oxygens (including phenoxy) is 1. The van der Waals surface area contributed by atoms with Gasteiger partial charge >= 0.3 is 0 Å². The minimum atomic E-state index is 0.515. The number of hydrogen-bond acceptors (Lipinski definition) is 2. The molecule has 0 heterocycles. The van der Waals surface area contributed by atoms with Crippen molar-refractivity contribution in [3.8, 4) is 0 Å². The van der Waals surface area contributed by atoms with Gasteiger partial charge in [0.05, 0.1) is 6.61 Å². The quantitative estimate of drug-likeness (QED) is 0.709. The average molecular weight is 213 g/mol. The largest absolute Gasteiger partial charge is 0.380 e. The molecule has 0 saturated heterocycles. The van der Waals surface area contributed by atoms with Crippen LogP contribution >= 0.6 is 0 Å². The molecule has 0 amide bonds. The van der Waals surface area contributed by atoms with Gasteiger partial charge in [0.15, 0.2) is 0 Å². The molecule has 15 heavy (non-hydrogen) atoms. The van der Waals surface area contributed by atoms with E-state index in [0.717, 1.165) is 25.7 Å². The molecule has 0 aromatic rings. The van der Waals surface area contributed by atoms with Gasteiger partial charge in [-0.15, -0.1) is 0 Å². The highest BCUT2D eigenvalue weighted by Crippen LogP contribution is 2.38. The van der Waals surface area contributed by atoms with Gasteiger partial charge in [-0.1, -0.05) is 20.8 Å². The predicted octanol–water partition coefficient (Wildman–Crippen LogP) is 2.83. The fraction of sp³-hybridized carbons (Fsp3) is 1.00. The fourth-order valence-corrected chi connectivity index (χ4v) is 2.98. The summed E-state index contributed by atoms with van der Waals surface area (Å²) in [5, 5.41) is 3.62. The molecule has 0 radical (unpaired) electrons. The summed E-state index contributed by atoms with van der Waals surface area (Å²) in [6.45, 7) is 11.9. The van der Waals surface area contributed by atoms with E-state index >= 15 is 0 Å². The molecule has 2 nitrogen and oxygen atoms in total. The molecular weight excluding hydrogens is 186 g/mol. The first-order valence-corrected chi connectivity index (χ1v) is 6.34. The lowest BCUT2D eigenvalue weighted by molar-refractivity contribution is 0.123. The summed E-state index contributed by atoms with van der Waals surface area (Å²) in [5.41, 5.74) is 0.515. The van der Waals surface area contributed by atoms with Crippen LogP contribution in [0.3, 0.4) is 0 Å². The first-order chi connectivity index (χ1) is 7.03. The zero-order valence-corrected chi connectivity index (χ0v) is 10.8. The van der Waals surface area contributed by atoms with Gasteiger partial charge in [0.25, 0.3) is 0 Å². The third-order valence-electron chi connectivity index (χ3n) is 3.27. The minimum Gasteiger partial charge on any atom is -0.380 e. The van der Waals surface area contributed by atoms with Gasteiger partial charge in [0, 0.05) is 19.2 Å². The van der Waals surface area contributed by atoms with Gasteiger partial charge in [-0.05, 0) is 37.5 Å². The topological polar surface area (TPSA) is 21.3 Å². The summed E-state index contributed by atoms with van der Waals surface area (Å²) in [4.78, 5) is 0. The minimum absolute atomic E-state index is 0.515. The number of rotatable bonds is 5. The zero-order chi connectivity index (χ0) is 11.3. The van der Waals surface area contributed by atoms with E-state index in [9.17, 15) is 0 Å². The summed E-state index contributed by atoms with van der Waals surface area (Å²) in [6.07, 6.45) is 4.01. The molecule has 0 aromatic carbocycles. The monoisotopic (exact) mass is 213 g/mol. The van der Waals surface area contributed by atoms with Crippen LogP contribution in [0.1, 0.15) is 47.0 Å². The molecule has 0 spiro atoms. The maximum absolute atomic E-state index is 5.34. The van der Waals surface area contributed by atoms with Crippen molar-refractivity contribution in [2.45, 2.75) is 53.0 Å². The van der Waals surface area contributed by atoms with Gasteiger partial charge in [-0.3, -0.25) is 0 Å². The molecule has 0 unspecified atom stereocenters. The summed E-state index contributed by atoms with van der Waals surface area (Å²) >= 11 is 0. The Hall–Kier alpha value is -0.0800. The van der Waals surface area contributed by atoms with E-state index < -0.39 is 0 Å². The van der Waals surface area contributed by atoms with Gasteiger partial charge in [0.2, 0.25) is 0 Å². The van der Waals surface area contributed by atoms with Crippen molar-refractivity contribution >= 4 is 0 Å². The molecule has 1 rings (SSSR count). The molecule has 2 atom stereocenters. The van der Waals surface area contributed by atoms with Crippen molar-refractivity contribution in [2.24, 2.45) is 11.3 Å². The summed E-state index contributed by atoms with van der Waals surface area (Å²) in [7, 11) is 0. The first-order valence-electron chi connectivity index (χ1n) is 6.34. The standard InChI is InChI=1S/C13H27NO/c1-5-15-7-6-14-12-8-11(2)9-13(3,4)10-12/h11-12,14H,5-10H2,1-4H3/t11-,12+/m1/s1. The second-order valence-corrected chi connectivity index (χ2v) is 5.76. The van der Waals surface area contributed by atoms with Crippen molar-refractivity contribution in [2.75, 3.05) is 19.8 Å². The average Bonchev–Trinajstić information content (AvgIpc) is 2.09. The molecule has 0 bridgehead atoms. The third-order valence-corrected chi connectivity index (χ3v) is 3.27. The van der Waals surface area contributed by atoms with Crippen LogP contribution in [0.2, 0.25) is 0 Å². The lowest BCUT2D eigenvalue weighted by atomic mass is 9.70. The van der Waals surface area contributed by atoms with E-state index in [1.165, 1.54) is 19.3 Å². The molecule has 1 fully saturated rings. The third kappa shape index (κ3) is 4.98. The van der Waals surface area contributed by atoms with Gasteiger partial charge in [-0.2, -0.15) is 0 Å². The van der Waals surface area contributed by atoms with Crippen LogP contribution < -0.4 is 5.32 Å². The molecule has 1 aliphatic rings. The Balaban J connectivity index is 2.23. The Bertz CT molecular complexity index is 179. The molecular formula is C13H27NO. The molecule has 2 heteroatoms. The number of hydrogen-bond donors (Lipinski definition) is 1. The maximum atomic E-state index is 5.34. The van der Waals surface area contributed by atoms with E-state index in [1.54, 1.807) is 0 Å². The molecule has 1 N–H and O–H groups in total. The highest BCUT2D eigenvalue weighted by atomic mass is 16.5. The molecule has 90 valence electrons. The first kappa shape index (κ1) is 13.0. The van der Waals surface area contributed by atoms with Crippen LogP contribution in [0.4, 0.5) is 0 Å². The Kier molecular flexibility index (Phi) is 5.07. The Morgan fingerprint density at radius 1 is 1.33 bits per heavy atom. The Morgan fingerprint density at radius 2 is 2.07 bits per heavy atom. The van der Waals surface area contributed by atoms with Crippen molar-refractivity contribution in [1.82, 2.24) is 5.32 Å². The highest BCUT2D eigenvalue weighted by molar-refractivity contribution is 4.86. The van der Waals surface area contributed by atoms with Crippen molar-refractivity contribution in [3.05, 3.63) is 0 Å². The lowest BCUT2D eigenvalue weighted by Gasteiger charge is -2.39. The van der Waals surface area contributed by atoms with E-state index in [1.807, 2.05) is 6.92 Å². The maximum Gasteiger partial charge on any atom is 0.0590 e. The van der Waals surface area contributed by atoms with E-state index in [2.05, 4.69) is 26.1 Å². The van der Waals surface area contributed by atoms with Crippen LogP contribution in [0.5, 0.6) is 0 Å². The van der Waals surface area contributed by atoms with E-state index in [-0.39, 0.29) is 0 Å². The zero-order valence-electron chi connectivity index (χ0n) is 10.8. The second-order valence-electron chi connectivity index (χ2n) is 5.76. The Labute approximate surface area is 94.8 Å². The summed E-state index contributed by atoms with van der Waals surface area (Å²) in [6, 6.07) is 0.698. The molecule has 0 aromatic heterocycles. The summed E-state index contributed by atoms with van der Waals surface area (Å²) in [5.74, 6) is 0.860. The van der Waals surface area contributed by atoms with Crippen LogP contribution in [0.15, 0.2) is 0 Å². The molecule has 1 aliphatic carbocycles. The molecule has 0 aliphatic heterocycles. The van der Waals surface area contributed by atoms with E-state index in [4.69, 9.17) is 4.74 Å². The van der Waals surface area contributed by atoms with Crippen molar-refractivity contribution in [3.63, 3.8) is 0 Å². The smallest absolute Gasteiger partial charge is 0.0590 e. The molecule has 1 saturated carbocycles. The van der Waals surface area contributed by atoms with Crippen LogP contribution in [0, 0.1) is 11.3 Å². The highest BCUT2D eigenvalue weighted by Gasteiger charge is 2.31. The van der Waals surface area contributed by atoms with Crippen molar-refractivity contribution in [1.29, 1.82) is 0 Å². The Morgan fingerprint density at radius 3 is 2.67 bits per heavy atom. The van der Waals surface area contributed by atoms with Gasteiger partial charge < -0.3 is 10.1 Å². The SMILES string of the molecule is CCOCCN[C@H]1C[C@@H](C)CC(C)(C)C1. The van der Waals surface area contributed by atoms with Crippen LogP contribution in [-0.2, 0) is 4.74 Å².